The second kappa shape index (κ2) is 7.28. The van der Waals surface area contributed by atoms with Crippen LogP contribution in [0.3, 0.4) is 0 Å². The van der Waals surface area contributed by atoms with Crippen molar-refractivity contribution < 1.29 is 0 Å². The Labute approximate surface area is 194 Å². The van der Waals surface area contributed by atoms with Crippen molar-refractivity contribution in [3.63, 3.8) is 0 Å². The van der Waals surface area contributed by atoms with Crippen LogP contribution in [-0.4, -0.2) is 19.9 Å². The highest BCUT2D eigenvalue weighted by Crippen LogP contribution is 2.35. The minimum absolute atomic E-state index is 0.434. The average Bonchev–Trinajstić information content (AvgIpc) is 3.65. The van der Waals surface area contributed by atoms with E-state index in [2.05, 4.69) is 15.0 Å². The molecule has 0 fully saturated rings. The second-order valence-corrected chi connectivity index (χ2v) is 8.21. The van der Waals surface area contributed by atoms with Crippen LogP contribution in [0, 0.1) is 0 Å². The van der Waals surface area contributed by atoms with Gasteiger partial charge in [-0.15, -0.1) is 0 Å². The van der Waals surface area contributed by atoms with E-state index in [9.17, 15) is 0 Å². The summed E-state index contributed by atoms with van der Waals surface area (Å²) in [6.45, 7) is 0. The highest BCUT2D eigenvalue weighted by atomic mass is 14.9. The van der Waals surface area contributed by atoms with Gasteiger partial charge in [0.2, 0.25) is 0 Å². The number of nitrogens with zero attached hydrogens (tertiary/aromatic N) is 2. The van der Waals surface area contributed by atoms with Gasteiger partial charge in [-0.2, -0.15) is 0 Å². The molecule has 1 aromatic carbocycles. The molecule has 8 bridgehead atoms. The summed E-state index contributed by atoms with van der Waals surface area (Å²) in [4.78, 5) is 16.2. The molecular formula is C26H22N8. The number of anilines is 4. The van der Waals surface area contributed by atoms with E-state index >= 15 is 0 Å². The number of aromatic amines is 2. The molecule has 8 nitrogen and oxygen atoms in total. The fourth-order valence-corrected chi connectivity index (χ4v) is 4.30. The smallest absolute Gasteiger partial charge is 0.0890 e. The van der Waals surface area contributed by atoms with Gasteiger partial charge in [0.05, 0.1) is 67.6 Å². The highest BCUT2D eigenvalue weighted by Gasteiger charge is 2.15. The molecule has 8 heteroatoms. The molecule has 2 aliphatic rings. The van der Waals surface area contributed by atoms with Gasteiger partial charge in [-0.3, -0.25) is 0 Å². The van der Waals surface area contributed by atoms with Gasteiger partial charge >= 0.3 is 0 Å². The lowest BCUT2D eigenvalue weighted by Gasteiger charge is -2.03. The van der Waals surface area contributed by atoms with Gasteiger partial charge in [-0.05, 0) is 48.1 Å². The normalized spacial score (nSPS) is 12.4. The summed E-state index contributed by atoms with van der Waals surface area (Å²) in [6, 6.07) is 15.6. The van der Waals surface area contributed by atoms with Gasteiger partial charge in [0, 0.05) is 5.56 Å². The summed E-state index contributed by atoms with van der Waals surface area (Å²) in [7, 11) is 0. The monoisotopic (exact) mass is 446 g/mol. The Kier molecular flexibility index (Phi) is 4.21. The number of benzene rings is 1. The molecule has 34 heavy (non-hydrogen) atoms. The summed E-state index contributed by atoms with van der Waals surface area (Å²) in [6.07, 6.45) is 7.50. The molecule has 10 N–H and O–H groups in total. The number of H-pyrrole nitrogens is 2. The number of aromatic nitrogens is 4. The lowest BCUT2D eigenvalue weighted by Crippen LogP contribution is -1.94. The molecule has 0 aliphatic carbocycles. The minimum Gasteiger partial charge on any atom is -0.397 e. The Balaban J connectivity index is 1.82. The predicted molar refractivity (Wildman–Crippen MR) is 142 cm³/mol. The van der Waals surface area contributed by atoms with E-state index in [1.807, 2.05) is 72.8 Å². The van der Waals surface area contributed by atoms with E-state index in [4.69, 9.17) is 27.9 Å². The zero-order valence-electron chi connectivity index (χ0n) is 18.1. The molecular weight excluding hydrogens is 424 g/mol. The zero-order valence-corrected chi connectivity index (χ0v) is 18.1. The van der Waals surface area contributed by atoms with Gasteiger partial charge in [0.1, 0.15) is 0 Å². The third-order valence-electron chi connectivity index (χ3n) is 6.08. The van der Waals surface area contributed by atoms with Crippen LogP contribution >= 0.6 is 0 Å². The van der Waals surface area contributed by atoms with Crippen molar-refractivity contribution in [2.45, 2.75) is 0 Å². The number of nitrogens with one attached hydrogen (secondary N) is 2. The van der Waals surface area contributed by atoms with Crippen molar-refractivity contribution in [2.75, 3.05) is 22.9 Å². The average molecular weight is 447 g/mol. The molecule has 0 saturated carbocycles. The van der Waals surface area contributed by atoms with Crippen LogP contribution in [0.2, 0.25) is 0 Å². The van der Waals surface area contributed by atoms with Crippen molar-refractivity contribution >= 4 is 69.1 Å². The SMILES string of the molecule is Nc1c2nc(c(-c3ccccc3)c3cc(N)c([nH]3)c(N)c3nc(c(N)c4ccc1[nH]4)C=C3)C=C2. The van der Waals surface area contributed by atoms with Gasteiger partial charge in [0.15, 0.2) is 0 Å². The molecule has 0 unspecified atom stereocenters. The van der Waals surface area contributed by atoms with E-state index in [0.29, 0.717) is 50.9 Å². The highest BCUT2D eigenvalue weighted by molar-refractivity contribution is 5.99. The summed E-state index contributed by atoms with van der Waals surface area (Å²) in [5, 5.41) is 0. The van der Waals surface area contributed by atoms with Crippen LogP contribution in [0.4, 0.5) is 22.7 Å². The number of rotatable bonds is 1. The van der Waals surface area contributed by atoms with Crippen molar-refractivity contribution in [1.29, 1.82) is 0 Å². The first-order chi connectivity index (χ1) is 16.5. The first-order valence-corrected chi connectivity index (χ1v) is 10.8. The van der Waals surface area contributed by atoms with E-state index in [1.54, 1.807) is 0 Å². The molecule has 3 aromatic heterocycles. The molecule has 0 atom stereocenters. The number of fused-ring (bicyclic) bond motifs is 8. The van der Waals surface area contributed by atoms with E-state index in [-0.39, 0.29) is 0 Å². The Morgan fingerprint density at radius 3 is 1.76 bits per heavy atom. The predicted octanol–water partition coefficient (Wildman–Crippen LogP) is 4.65. The Morgan fingerprint density at radius 2 is 1.12 bits per heavy atom. The molecule has 0 radical (unpaired) electrons. The van der Waals surface area contributed by atoms with Gasteiger partial charge in [0.25, 0.3) is 0 Å². The van der Waals surface area contributed by atoms with Crippen LogP contribution in [-0.2, 0) is 0 Å². The Morgan fingerprint density at radius 1 is 0.559 bits per heavy atom. The molecule has 0 spiro atoms. The summed E-state index contributed by atoms with van der Waals surface area (Å²) in [5.41, 5.74) is 35.0. The standard InChI is InChI=1S/C26H22N8/c27-14-12-21-22(13-4-2-1-3-5-13)15-6-7-16(31-15)23(28)17-8-9-18(32-17)24(29)19-10-11-20(33-19)25(30)26(14)34-21/h1-12,32,34H,27-30H2. The van der Waals surface area contributed by atoms with Crippen LogP contribution in [0.15, 0.2) is 48.5 Å². The third kappa shape index (κ3) is 3.01. The Bertz CT molecular complexity index is 1690. The molecule has 166 valence electrons. The van der Waals surface area contributed by atoms with E-state index in [1.165, 1.54) is 0 Å². The molecule has 0 amide bonds. The maximum atomic E-state index is 6.51. The number of nitrogen functional groups attached to an aromatic ring is 4. The lowest BCUT2D eigenvalue weighted by molar-refractivity contribution is 1.31. The lowest BCUT2D eigenvalue weighted by atomic mass is 10.0. The van der Waals surface area contributed by atoms with E-state index in [0.717, 1.165) is 27.9 Å². The number of hydrogen-bond donors (Lipinski definition) is 6. The van der Waals surface area contributed by atoms with Crippen LogP contribution in [0.25, 0.3) is 57.5 Å². The largest absolute Gasteiger partial charge is 0.397 e. The zero-order chi connectivity index (χ0) is 23.4. The van der Waals surface area contributed by atoms with E-state index < -0.39 is 0 Å². The van der Waals surface area contributed by atoms with Crippen molar-refractivity contribution in [1.82, 2.24) is 19.9 Å². The van der Waals surface area contributed by atoms with Crippen LogP contribution in [0.5, 0.6) is 0 Å². The first-order valence-electron chi connectivity index (χ1n) is 10.8. The molecule has 5 heterocycles. The first kappa shape index (κ1) is 19.7. The van der Waals surface area contributed by atoms with Gasteiger partial charge in [-0.1, -0.05) is 30.3 Å². The molecule has 4 aromatic rings. The third-order valence-corrected chi connectivity index (χ3v) is 6.08. The second-order valence-electron chi connectivity index (χ2n) is 8.21. The van der Waals surface area contributed by atoms with Gasteiger partial charge in [-0.25, -0.2) is 9.97 Å². The summed E-state index contributed by atoms with van der Waals surface area (Å²) < 4.78 is 0. The summed E-state index contributed by atoms with van der Waals surface area (Å²) >= 11 is 0. The van der Waals surface area contributed by atoms with Crippen LogP contribution in [0.1, 0.15) is 22.8 Å². The quantitative estimate of drug-likeness (QED) is 0.215. The van der Waals surface area contributed by atoms with Gasteiger partial charge < -0.3 is 32.9 Å². The van der Waals surface area contributed by atoms with Crippen LogP contribution < -0.4 is 22.9 Å². The molecule has 0 saturated heterocycles. The molecule has 6 rings (SSSR count). The van der Waals surface area contributed by atoms with Crippen molar-refractivity contribution in [3.8, 4) is 11.1 Å². The number of hydrogen-bond acceptors (Lipinski definition) is 6. The number of nitrogens with two attached hydrogens (primary N) is 4. The topological polar surface area (TPSA) is 161 Å². The molecule has 2 aliphatic heterocycles. The van der Waals surface area contributed by atoms with Crippen molar-refractivity contribution in [3.05, 3.63) is 71.3 Å². The Hall–Kier alpha value is -4.98. The summed E-state index contributed by atoms with van der Waals surface area (Å²) in [5.74, 6) is 0. The fraction of sp³-hybridized carbons (Fsp3) is 0. The van der Waals surface area contributed by atoms with Crippen molar-refractivity contribution in [2.24, 2.45) is 0 Å². The maximum Gasteiger partial charge on any atom is 0.0890 e. The minimum atomic E-state index is 0.434. The fourth-order valence-electron chi connectivity index (χ4n) is 4.30. The maximum absolute atomic E-state index is 6.51.